The fourth-order valence-electron chi connectivity index (χ4n) is 9.40. The summed E-state index contributed by atoms with van der Waals surface area (Å²) in [5.74, 6) is 0. The van der Waals surface area contributed by atoms with E-state index >= 15 is 0 Å². The number of rotatable bonds is 7. The number of benzene rings is 5. The van der Waals surface area contributed by atoms with Gasteiger partial charge in [-0.15, -0.1) is 0 Å². The van der Waals surface area contributed by atoms with Crippen LogP contribution in [-0.4, -0.2) is 0 Å². The van der Waals surface area contributed by atoms with Crippen LogP contribution in [0.15, 0.2) is 150 Å². The van der Waals surface area contributed by atoms with Crippen LogP contribution >= 0.6 is 0 Å². The minimum atomic E-state index is -0.490. The highest BCUT2D eigenvalue weighted by atomic mass is 16.3. The van der Waals surface area contributed by atoms with Gasteiger partial charge in [-0.25, -0.2) is 4.57 Å². The van der Waals surface area contributed by atoms with E-state index in [2.05, 4.69) is 211 Å². The Morgan fingerprint density at radius 3 is 1.62 bits per heavy atom. The highest BCUT2D eigenvalue weighted by Crippen LogP contribution is 2.46. The zero-order valence-corrected chi connectivity index (χ0v) is 32.2. The predicted octanol–water partition coefficient (Wildman–Crippen LogP) is 10.9. The molecule has 53 heavy (non-hydrogen) atoms. The molecule has 8 aromatic rings. The molecule has 0 radical (unpaired) electrons. The van der Waals surface area contributed by atoms with Gasteiger partial charge in [-0.3, -0.25) is 0 Å². The molecule has 1 atom stereocenters. The first-order valence-corrected chi connectivity index (χ1v) is 18.7. The van der Waals surface area contributed by atoms with Crippen LogP contribution in [0, 0.1) is 34.6 Å². The van der Waals surface area contributed by atoms with Gasteiger partial charge in [-0.2, -0.15) is 4.57 Å². The first-order valence-electron chi connectivity index (χ1n) is 18.7. The summed E-state index contributed by atoms with van der Waals surface area (Å²) in [6.07, 6.45) is 4.38. The van der Waals surface area contributed by atoms with Gasteiger partial charge < -0.3 is 4.42 Å². The van der Waals surface area contributed by atoms with E-state index in [0.29, 0.717) is 0 Å². The molecule has 8 rings (SSSR count). The molecule has 0 N–H and O–H groups in total. The van der Waals surface area contributed by atoms with Gasteiger partial charge in [0.15, 0.2) is 23.8 Å². The fourth-order valence-corrected chi connectivity index (χ4v) is 9.40. The highest BCUT2D eigenvalue weighted by Gasteiger charge is 2.44. The molecule has 3 nitrogen and oxygen atoms in total. The van der Waals surface area contributed by atoms with Crippen molar-refractivity contribution in [2.45, 2.75) is 59.3 Å². The molecule has 1 unspecified atom stereocenters. The summed E-state index contributed by atoms with van der Waals surface area (Å²) >= 11 is 0. The van der Waals surface area contributed by atoms with Gasteiger partial charge in [0.1, 0.15) is 18.0 Å². The van der Waals surface area contributed by atoms with Crippen LogP contribution in [0.5, 0.6) is 0 Å². The maximum absolute atomic E-state index is 6.91. The standard InChI is InChI=1S/C50H48N2O/c1-33-20-9-13-24-40(33)49(6,41-25-14-10-21-34(41)2)43-27-19-31-52(37(43)5)47-36(4)44(32-39-38-23-12-16-28-45(38)53-48(39)47)50(7,42-26-15-11-22-35(42)3)46-29-17-18-30-51(46)8/h9-32H,1-8H3/q+2. The van der Waals surface area contributed by atoms with Gasteiger partial charge in [-0.05, 0) is 98.7 Å². The predicted molar refractivity (Wildman–Crippen MR) is 217 cm³/mol. The third-order valence-corrected chi connectivity index (χ3v) is 12.1. The maximum Gasteiger partial charge on any atom is 0.257 e. The summed E-state index contributed by atoms with van der Waals surface area (Å²) in [6, 6.07) is 48.5. The molecule has 5 aromatic carbocycles. The lowest BCUT2D eigenvalue weighted by Crippen LogP contribution is -2.44. The second kappa shape index (κ2) is 13.0. The third-order valence-electron chi connectivity index (χ3n) is 12.1. The van der Waals surface area contributed by atoms with E-state index in [0.717, 1.165) is 27.6 Å². The number of para-hydroxylation sites is 1. The van der Waals surface area contributed by atoms with Crippen LogP contribution in [0.25, 0.3) is 27.6 Å². The Balaban J connectivity index is 1.51. The number of furan rings is 1. The van der Waals surface area contributed by atoms with Crippen molar-refractivity contribution in [3.8, 4) is 5.69 Å². The van der Waals surface area contributed by atoms with Gasteiger partial charge in [0.2, 0.25) is 5.58 Å². The van der Waals surface area contributed by atoms with Gasteiger partial charge in [0.25, 0.3) is 5.69 Å². The lowest BCUT2D eigenvalue weighted by atomic mass is 9.68. The Morgan fingerprint density at radius 1 is 0.491 bits per heavy atom. The molecule has 0 aliphatic carbocycles. The number of hydrogen-bond donors (Lipinski definition) is 0. The molecular weight excluding hydrogens is 645 g/mol. The second-order valence-corrected chi connectivity index (χ2v) is 15.1. The molecule has 3 aromatic heterocycles. The lowest BCUT2D eigenvalue weighted by Gasteiger charge is -2.34. The van der Waals surface area contributed by atoms with Crippen molar-refractivity contribution in [2.24, 2.45) is 7.05 Å². The lowest BCUT2D eigenvalue weighted by molar-refractivity contribution is -0.681. The van der Waals surface area contributed by atoms with Crippen LogP contribution < -0.4 is 9.13 Å². The number of aromatic nitrogens is 2. The molecular formula is C50H48N2O+2. The van der Waals surface area contributed by atoms with Crippen LogP contribution in [0.4, 0.5) is 0 Å². The Bertz CT molecular complexity index is 2590. The van der Waals surface area contributed by atoms with Crippen LogP contribution in [0.1, 0.15) is 75.3 Å². The van der Waals surface area contributed by atoms with Crippen LogP contribution in [-0.2, 0) is 17.9 Å². The first kappa shape index (κ1) is 34.3. The Morgan fingerprint density at radius 2 is 1.02 bits per heavy atom. The number of pyridine rings is 2. The summed E-state index contributed by atoms with van der Waals surface area (Å²) in [4.78, 5) is 0. The second-order valence-electron chi connectivity index (χ2n) is 15.1. The topological polar surface area (TPSA) is 20.9 Å². The van der Waals surface area contributed by atoms with Crippen molar-refractivity contribution in [1.29, 1.82) is 0 Å². The smallest absolute Gasteiger partial charge is 0.257 e. The van der Waals surface area contributed by atoms with Gasteiger partial charge in [0, 0.05) is 52.4 Å². The Kier molecular flexibility index (Phi) is 8.41. The van der Waals surface area contributed by atoms with Gasteiger partial charge >= 0.3 is 0 Å². The molecule has 0 fully saturated rings. The Labute approximate surface area is 313 Å². The van der Waals surface area contributed by atoms with Gasteiger partial charge in [0.05, 0.1) is 0 Å². The first-order chi connectivity index (χ1) is 25.6. The molecule has 0 saturated heterocycles. The highest BCUT2D eigenvalue weighted by molar-refractivity contribution is 6.08. The van der Waals surface area contributed by atoms with Crippen molar-refractivity contribution in [3.63, 3.8) is 0 Å². The van der Waals surface area contributed by atoms with Crippen molar-refractivity contribution in [3.05, 3.63) is 207 Å². The molecule has 0 aliphatic heterocycles. The minimum Gasteiger partial charge on any atom is -0.449 e. The number of fused-ring (bicyclic) bond motifs is 3. The van der Waals surface area contributed by atoms with E-state index in [-0.39, 0.29) is 0 Å². The van der Waals surface area contributed by atoms with Crippen molar-refractivity contribution >= 4 is 21.9 Å². The summed E-state index contributed by atoms with van der Waals surface area (Å²) in [6.45, 7) is 16.1. The minimum absolute atomic E-state index is 0.421. The normalized spacial score (nSPS) is 13.1. The van der Waals surface area contributed by atoms with Crippen molar-refractivity contribution in [1.82, 2.24) is 0 Å². The molecule has 0 spiro atoms. The van der Waals surface area contributed by atoms with E-state index in [1.54, 1.807) is 0 Å². The van der Waals surface area contributed by atoms with E-state index < -0.39 is 10.8 Å². The quantitative estimate of drug-likeness (QED) is 0.152. The average molecular weight is 693 g/mol. The molecule has 3 heterocycles. The van der Waals surface area contributed by atoms with E-state index in [1.165, 1.54) is 61.5 Å². The fraction of sp³-hybridized carbons (Fsp3) is 0.200. The molecule has 0 amide bonds. The zero-order chi connectivity index (χ0) is 37.1. The van der Waals surface area contributed by atoms with Gasteiger partial charge in [-0.1, -0.05) is 97.1 Å². The summed E-state index contributed by atoms with van der Waals surface area (Å²) in [5, 5.41) is 2.24. The molecule has 0 bridgehead atoms. The monoisotopic (exact) mass is 692 g/mol. The number of nitrogens with zero attached hydrogens (tertiary/aromatic N) is 2. The molecule has 262 valence electrons. The van der Waals surface area contributed by atoms with Crippen LogP contribution in [0.3, 0.4) is 0 Å². The zero-order valence-electron chi connectivity index (χ0n) is 32.2. The third kappa shape index (κ3) is 5.24. The molecule has 0 aliphatic rings. The molecule has 0 saturated carbocycles. The maximum atomic E-state index is 6.91. The largest absolute Gasteiger partial charge is 0.449 e. The summed E-state index contributed by atoms with van der Waals surface area (Å²) in [7, 11) is 2.16. The van der Waals surface area contributed by atoms with Crippen LogP contribution in [0.2, 0.25) is 0 Å². The average Bonchev–Trinajstić information content (AvgIpc) is 3.53. The van der Waals surface area contributed by atoms with Crippen molar-refractivity contribution < 1.29 is 13.6 Å². The van der Waals surface area contributed by atoms with E-state index in [4.69, 9.17) is 4.42 Å². The van der Waals surface area contributed by atoms with E-state index in [9.17, 15) is 0 Å². The SMILES string of the molecule is Cc1ccccc1C(C)(c1ccccc1C)c1ccc[n+](-c2c(C)c(C(C)(c3ccccc3C)c3cccc[n+]3C)cc3c2oc2ccccc23)c1C. The summed E-state index contributed by atoms with van der Waals surface area (Å²) < 4.78 is 11.6. The van der Waals surface area contributed by atoms with E-state index in [1.807, 2.05) is 0 Å². The molecule has 3 heteroatoms. The Hall–Kier alpha value is -5.80. The number of hydrogen-bond acceptors (Lipinski definition) is 1. The van der Waals surface area contributed by atoms with Crippen molar-refractivity contribution in [2.75, 3.05) is 0 Å². The summed E-state index contributed by atoms with van der Waals surface area (Å²) in [5.41, 5.74) is 15.7. The number of aryl methyl sites for hydroxylation is 4.